The first-order chi connectivity index (χ1) is 45.2. The summed E-state index contributed by atoms with van der Waals surface area (Å²) in [7, 11) is -4.44. The highest BCUT2D eigenvalue weighted by atomic mass is 35.5. The van der Waals surface area contributed by atoms with E-state index in [1.807, 2.05) is 137 Å². The number of para-hydroxylation sites is 1. The van der Waals surface area contributed by atoms with Gasteiger partial charge in [0, 0.05) is 46.1 Å². The van der Waals surface area contributed by atoms with E-state index in [0.29, 0.717) is 46.3 Å². The zero-order valence-electron chi connectivity index (χ0n) is 54.2. The molecule has 9 aromatic carbocycles. The van der Waals surface area contributed by atoms with Crippen molar-refractivity contribution in [2.75, 3.05) is 14.2 Å². The van der Waals surface area contributed by atoms with E-state index in [-0.39, 0.29) is 33.5 Å². The Morgan fingerprint density at radius 1 is 0.681 bits per heavy atom. The second-order valence-corrected chi connectivity index (χ2v) is 25.6. The van der Waals surface area contributed by atoms with Crippen molar-refractivity contribution in [1.82, 2.24) is 5.32 Å². The highest BCUT2D eigenvalue weighted by molar-refractivity contribution is 7.87. The fraction of sp³-hybridized carbons (Fsp3) is 0.243. The van der Waals surface area contributed by atoms with Gasteiger partial charge in [0.1, 0.15) is 16.4 Å². The third-order valence-electron chi connectivity index (χ3n) is 15.5. The Morgan fingerprint density at radius 2 is 1.29 bits per heavy atom. The normalized spacial score (nSPS) is 12.6. The number of aliphatic imine (C=N–C) groups is 1. The Hall–Kier alpha value is -9.73. The summed E-state index contributed by atoms with van der Waals surface area (Å²) in [4.78, 5) is 24.8. The lowest BCUT2D eigenvalue weighted by Crippen LogP contribution is -2.24. The van der Waals surface area contributed by atoms with Crippen LogP contribution in [0.4, 0.5) is 5.69 Å². The molecule has 17 nitrogen and oxygen atoms in total. The second-order valence-electron chi connectivity index (χ2n) is 21.7. The number of carbonyl (C=O) groups is 1. The molecule has 0 aliphatic carbocycles. The number of nitrogens with one attached hydrogen (secondary N) is 1. The van der Waals surface area contributed by atoms with Gasteiger partial charge in [-0.15, -0.1) is 0 Å². The molecule has 0 saturated carbocycles. The van der Waals surface area contributed by atoms with E-state index in [1.165, 1.54) is 31.7 Å². The lowest BCUT2D eigenvalue weighted by Gasteiger charge is -2.16. The molecule has 20 heteroatoms. The van der Waals surface area contributed by atoms with Crippen LogP contribution in [0.15, 0.2) is 202 Å². The van der Waals surface area contributed by atoms with Crippen molar-refractivity contribution >= 4 is 83.6 Å². The van der Waals surface area contributed by atoms with Crippen LogP contribution in [-0.2, 0) is 40.2 Å². The minimum absolute atomic E-state index is 0.0671. The Bertz CT molecular complexity index is 4400. The van der Waals surface area contributed by atoms with Gasteiger partial charge in [0.05, 0.1) is 49.6 Å². The van der Waals surface area contributed by atoms with Crippen molar-refractivity contribution in [2.45, 2.75) is 109 Å². The van der Waals surface area contributed by atoms with E-state index < -0.39 is 31.7 Å². The third kappa shape index (κ3) is 20.1. The van der Waals surface area contributed by atoms with Gasteiger partial charge in [-0.3, -0.25) is 18.4 Å². The monoisotopic (exact) mass is 1320 g/mol. The van der Waals surface area contributed by atoms with E-state index >= 15 is 0 Å². The van der Waals surface area contributed by atoms with E-state index in [4.69, 9.17) is 31.9 Å². The highest BCUT2D eigenvalue weighted by Crippen LogP contribution is 2.36. The number of hydrogen-bond donors (Lipinski definition) is 2. The first-order valence-electron chi connectivity index (χ1n) is 30.2. The number of rotatable bonds is 22. The molecule has 0 bridgehead atoms. The lowest BCUT2D eigenvalue weighted by atomic mass is 9.93. The molecule has 0 heterocycles. The van der Waals surface area contributed by atoms with Crippen molar-refractivity contribution in [3.05, 3.63) is 260 Å². The number of nitrogens with zero attached hydrogens (tertiary/aromatic N) is 5. The average Bonchev–Trinajstić information content (AvgIpc) is 0.958. The summed E-state index contributed by atoms with van der Waals surface area (Å²) in [5.74, 6) is 1.91. The molecular formula is C74H77ClN6O11S2. The molecule has 0 aliphatic heterocycles. The van der Waals surface area contributed by atoms with Crippen LogP contribution in [0.2, 0.25) is 5.02 Å². The maximum absolute atomic E-state index is 12.5. The van der Waals surface area contributed by atoms with Crippen molar-refractivity contribution in [3.63, 3.8) is 0 Å². The van der Waals surface area contributed by atoms with Crippen LogP contribution in [0.1, 0.15) is 145 Å². The summed E-state index contributed by atoms with van der Waals surface area (Å²) in [5.41, 5.74) is 8.75. The molecule has 0 spiro atoms. The van der Waals surface area contributed by atoms with Crippen LogP contribution in [0.5, 0.6) is 11.5 Å². The Morgan fingerprint density at radius 3 is 1.91 bits per heavy atom. The SMILES string of the molecule is CCC(C)S(=O)(=O)O/N=C\c1c(Cl)ccc2ccccc12.CCC(C)c1ccc(S(=O)(=O)O/N=C\c2ccccc2OC)cc1.COc1ccc2ccccc2c1CNC(=O)c1ccc(C)cc1C.[C-]#[N+]c1cc(C(C)CC)cc(C#N)c1C(N=Cc1ccccc1)OO. The maximum atomic E-state index is 12.5. The average molecular weight is 1330 g/mol. The number of halogens is 1. The number of amides is 1. The van der Waals surface area contributed by atoms with Crippen molar-refractivity contribution in [1.29, 1.82) is 5.26 Å². The molecule has 9 rings (SSSR count). The first-order valence-corrected chi connectivity index (χ1v) is 33.5. The standard InChI is InChI=1S/C21H21NO2.C20H19N3O2.C18H21NO4S.C15H16ClNO3S/c1-14-8-10-17(15(2)12-14)21(23)22-13-19-18-7-5-4-6-16(18)9-11-20(19)24-3;1-4-14(2)16-10-17(12-21)19(18(11-16)22-3)20(25-24)23-13-15-8-6-5-7-9-15;1-4-14(2)15-9-11-17(12-10-15)24(20,21)23-19-13-16-7-5-6-8-18(16)22-3;1-3-11(2)21(18,19)20-17-10-14-13-7-5-4-6-12(13)8-9-15(14)16/h4-12H,13H2,1-3H3,(H,22,23);5-11,13-14,20,24H,4H2,1-2H3;5-14H,4H2,1-3H3;4-11H,3H2,1-2H3/b;;19-13-;17-10-. The van der Waals surface area contributed by atoms with Gasteiger partial charge in [0.2, 0.25) is 0 Å². The molecule has 4 unspecified atom stereocenters. The molecule has 94 heavy (non-hydrogen) atoms. The molecule has 2 N–H and O–H groups in total. The van der Waals surface area contributed by atoms with Gasteiger partial charge < -0.3 is 14.8 Å². The summed E-state index contributed by atoms with van der Waals surface area (Å²) >= 11 is 6.15. The third-order valence-corrected chi connectivity index (χ3v) is 18.6. The van der Waals surface area contributed by atoms with Crippen LogP contribution in [0.25, 0.3) is 26.4 Å². The summed E-state index contributed by atoms with van der Waals surface area (Å²) < 4.78 is 67.8. The summed E-state index contributed by atoms with van der Waals surface area (Å²) in [6.07, 6.45) is 5.41. The number of benzene rings is 9. The van der Waals surface area contributed by atoms with Crippen molar-refractivity contribution < 1.29 is 49.8 Å². The van der Waals surface area contributed by atoms with Gasteiger partial charge >= 0.3 is 20.2 Å². The smallest absolute Gasteiger partial charge is 0.358 e. The number of methoxy groups -OCH3 is 2. The Labute approximate surface area is 556 Å². The minimum Gasteiger partial charge on any atom is -0.496 e. The second kappa shape index (κ2) is 35.9. The van der Waals surface area contributed by atoms with Crippen LogP contribution in [0.3, 0.4) is 0 Å². The fourth-order valence-electron chi connectivity index (χ4n) is 9.46. The van der Waals surface area contributed by atoms with E-state index in [9.17, 15) is 32.1 Å². The predicted octanol–water partition coefficient (Wildman–Crippen LogP) is 17.5. The van der Waals surface area contributed by atoms with E-state index in [2.05, 4.69) is 66.7 Å². The van der Waals surface area contributed by atoms with Gasteiger partial charge in [-0.05, 0) is 139 Å². The summed E-state index contributed by atoms with van der Waals surface area (Å²) in [6.45, 7) is 23.5. The number of nitriles is 1. The lowest BCUT2D eigenvalue weighted by molar-refractivity contribution is -0.279. The van der Waals surface area contributed by atoms with Crippen LogP contribution in [0, 0.1) is 31.8 Å². The van der Waals surface area contributed by atoms with Crippen molar-refractivity contribution in [3.8, 4) is 17.6 Å². The van der Waals surface area contributed by atoms with Gasteiger partial charge in [-0.25, -0.2) is 15.0 Å². The highest BCUT2D eigenvalue weighted by Gasteiger charge is 2.23. The molecule has 0 aromatic heterocycles. The number of fused-ring (bicyclic) bond motifs is 2. The molecule has 9 aromatic rings. The molecule has 4 atom stereocenters. The number of hydrogen-bond acceptors (Lipinski definition) is 15. The summed E-state index contributed by atoms with van der Waals surface area (Å²) in [6, 6.07) is 57.9. The number of oxime groups is 2. The van der Waals surface area contributed by atoms with E-state index in [1.54, 1.807) is 75.7 Å². The zero-order valence-corrected chi connectivity index (χ0v) is 56.5. The zero-order chi connectivity index (χ0) is 68.4. The molecule has 0 radical (unpaired) electrons. The Balaban J connectivity index is 0.000000199. The quantitative estimate of drug-likeness (QED) is 0.0279. The molecule has 488 valence electrons. The topological polar surface area (TPSA) is 229 Å². The van der Waals surface area contributed by atoms with Gasteiger partial charge in [0.25, 0.3) is 5.91 Å². The first kappa shape index (κ1) is 73.3. The molecule has 0 saturated heterocycles. The van der Waals surface area contributed by atoms with Crippen LogP contribution >= 0.6 is 11.6 Å². The molecule has 0 aliphatic rings. The van der Waals surface area contributed by atoms with Gasteiger partial charge in [-0.1, -0.05) is 201 Å². The minimum atomic E-state index is -3.94. The maximum Gasteiger partial charge on any atom is 0.358 e. The number of ether oxygens (including phenoxy) is 2. The van der Waals surface area contributed by atoms with Crippen LogP contribution in [-0.4, -0.2) is 66.1 Å². The van der Waals surface area contributed by atoms with Crippen molar-refractivity contribution in [2.24, 2.45) is 15.3 Å². The number of aryl methyl sites for hydroxylation is 2. The molecule has 0 fully saturated rings. The van der Waals surface area contributed by atoms with Gasteiger partial charge in [-0.2, -0.15) is 22.1 Å². The molecular weight excluding hydrogens is 1250 g/mol. The largest absolute Gasteiger partial charge is 0.496 e. The fourth-order valence-corrected chi connectivity index (χ4v) is 11.1. The van der Waals surface area contributed by atoms with Crippen LogP contribution < -0.4 is 14.8 Å². The Kier molecular flexibility index (Phi) is 28.0. The molecule has 1 amide bonds. The number of carbonyl (C=O) groups excluding carboxylic acids is 1. The predicted molar refractivity (Wildman–Crippen MR) is 375 cm³/mol. The van der Waals surface area contributed by atoms with Gasteiger partial charge in [0.15, 0.2) is 11.9 Å². The summed E-state index contributed by atoms with van der Waals surface area (Å²) in [5, 5.41) is 33.0. The van der Waals surface area contributed by atoms with E-state index in [0.717, 1.165) is 73.5 Å².